The second kappa shape index (κ2) is 2.99. The molecule has 0 spiro atoms. The number of nitrogen functional groups attached to an aromatic ring is 1. The Bertz CT molecular complexity index is 538. The summed E-state index contributed by atoms with van der Waals surface area (Å²) in [6.07, 6.45) is 3.36. The van der Waals surface area contributed by atoms with E-state index in [1.807, 2.05) is 0 Å². The van der Waals surface area contributed by atoms with Gasteiger partial charge in [0.15, 0.2) is 0 Å². The normalized spacial score (nSPS) is 10.6. The average Bonchev–Trinajstić information content (AvgIpc) is 2.49. The third-order valence-electron chi connectivity index (χ3n) is 1.88. The van der Waals surface area contributed by atoms with E-state index in [1.165, 1.54) is 0 Å². The van der Waals surface area contributed by atoms with Crippen molar-refractivity contribution in [1.82, 2.24) is 15.0 Å². The van der Waals surface area contributed by atoms with E-state index in [9.17, 15) is 4.79 Å². The molecule has 0 fully saturated rings. The number of imidazole rings is 1. The van der Waals surface area contributed by atoms with Crippen LogP contribution in [0, 0.1) is 0 Å². The summed E-state index contributed by atoms with van der Waals surface area (Å²) < 4.78 is 1.72. The minimum absolute atomic E-state index is 0.107. The predicted molar refractivity (Wildman–Crippen MR) is 51.5 cm³/mol. The fraction of sp³-hybridized carbons (Fsp3) is 0.125. The number of nitrogens with zero attached hydrogens (tertiary/aromatic N) is 2. The Morgan fingerprint density at radius 2 is 2.50 bits per heavy atom. The van der Waals surface area contributed by atoms with Crippen molar-refractivity contribution in [2.75, 3.05) is 5.73 Å². The average molecular weight is 192 g/mol. The Kier molecular flexibility index (Phi) is 1.81. The van der Waals surface area contributed by atoms with Gasteiger partial charge in [-0.3, -0.25) is 9.78 Å². The van der Waals surface area contributed by atoms with Gasteiger partial charge in [-0.15, -0.1) is 0 Å². The Balaban J connectivity index is 2.79. The van der Waals surface area contributed by atoms with Crippen LogP contribution in [-0.4, -0.2) is 15.0 Å². The number of nitrogens with one attached hydrogen (secondary N) is 2. The lowest BCUT2D eigenvalue weighted by Crippen LogP contribution is -2.35. The first-order valence-electron chi connectivity index (χ1n) is 4.09. The number of rotatable bonds is 2. The van der Waals surface area contributed by atoms with E-state index < -0.39 is 0 Å². The number of H-pyrrole nitrogens is 2. The maximum Gasteiger partial charge on any atom is 0.304 e. The highest BCUT2D eigenvalue weighted by Crippen LogP contribution is 1.98. The molecule has 0 saturated carbocycles. The third kappa shape index (κ3) is 1.17. The van der Waals surface area contributed by atoms with Gasteiger partial charge in [0.05, 0.1) is 0 Å². The number of fused-ring (bicyclic) bond motifs is 1. The van der Waals surface area contributed by atoms with Gasteiger partial charge in [-0.2, -0.15) is 4.98 Å². The molecule has 0 aliphatic heterocycles. The van der Waals surface area contributed by atoms with Crippen LogP contribution < -0.4 is 15.9 Å². The molecule has 0 amide bonds. The Morgan fingerprint density at radius 1 is 1.71 bits per heavy atom. The molecule has 0 atom stereocenters. The quantitative estimate of drug-likeness (QED) is 0.434. The van der Waals surface area contributed by atoms with Crippen LogP contribution in [0.3, 0.4) is 0 Å². The lowest BCUT2D eigenvalue weighted by molar-refractivity contribution is -0.661. The van der Waals surface area contributed by atoms with Gasteiger partial charge in [-0.25, -0.2) is 9.55 Å². The maximum atomic E-state index is 11.5. The minimum Gasteiger partial charge on any atom is -0.369 e. The van der Waals surface area contributed by atoms with Gasteiger partial charge in [0, 0.05) is 0 Å². The summed E-state index contributed by atoms with van der Waals surface area (Å²) in [5.74, 6) is 0.107. The Labute approximate surface area is 79.1 Å². The van der Waals surface area contributed by atoms with E-state index >= 15 is 0 Å². The molecule has 2 heterocycles. The van der Waals surface area contributed by atoms with Crippen LogP contribution in [-0.2, 0) is 6.54 Å². The van der Waals surface area contributed by atoms with Crippen LogP contribution in [0.1, 0.15) is 0 Å². The van der Waals surface area contributed by atoms with Crippen molar-refractivity contribution >= 4 is 17.1 Å². The lowest BCUT2D eigenvalue weighted by atomic mass is 10.5. The van der Waals surface area contributed by atoms with Gasteiger partial charge in [0.2, 0.25) is 12.3 Å². The molecule has 0 unspecified atom stereocenters. The fourth-order valence-corrected chi connectivity index (χ4v) is 1.34. The van der Waals surface area contributed by atoms with Gasteiger partial charge < -0.3 is 5.73 Å². The Hall–Kier alpha value is -2.11. The highest BCUT2D eigenvalue weighted by atomic mass is 16.1. The first-order chi connectivity index (χ1) is 6.72. The van der Waals surface area contributed by atoms with Crippen LogP contribution in [0.5, 0.6) is 0 Å². The molecule has 2 aromatic heterocycles. The molecule has 0 radical (unpaired) electrons. The molecule has 0 saturated heterocycles. The van der Waals surface area contributed by atoms with Crippen LogP contribution in [0.2, 0.25) is 0 Å². The molecule has 0 aliphatic rings. The van der Waals surface area contributed by atoms with E-state index in [0.717, 1.165) is 0 Å². The van der Waals surface area contributed by atoms with E-state index in [4.69, 9.17) is 5.73 Å². The standard InChI is InChI=1S/C8H9N5O/c1-2-3-13-4-10-6-5(13)7(14)12-8(9)11-6/h2,4H,1,3H2,(H3,9,11,12,14)/p+1. The second-order valence-electron chi connectivity index (χ2n) is 2.86. The van der Waals surface area contributed by atoms with Crippen molar-refractivity contribution in [1.29, 1.82) is 0 Å². The first kappa shape index (κ1) is 8.49. The number of nitrogens with two attached hydrogens (primary N) is 1. The van der Waals surface area contributed by atoms with E-state index in [-0.39, 0.29) is 11.5 Å². The molecule has 14 heavy (non-hydrogen) atoms. The minimum atomic E-state index is -0.254. The summed E-state index contributed by atoms with van der Waals surface area (Å²) in [7, 11) is 0. The predicted octanol–water partition coefficient (Wildman–Crippen LogP) is -0.693. The first-order valence-corrected chi connectivity index (χ1v) is 4.09. The van der Waals surface area contributed by atoms with Crippen LogP contribution >= 0.6 is 0 Å². The number of anilines is 1. The number of hydrogen-bond acceptors (Lipinski definition) is 3. The van der Waals surface area contributed by atoms with Gasteiger partial charge in [-0.05, 0) is 0 Å². The highest BCUT2D eigenvalue weighted by molar-refractivity contribution is 5.65. The zero-order chi connectivity index (χ0) is 10.1. The number of allylic oxidation sites excluding steroid dienone is 1. The Morgan fingerprint density at radius 3 is 3.21 bits per heavy atom. The summed E-state index contributed by atoms with van der Waals surface area (Å²) in [6, 6.07) is 0. The highest BCUT2D eigenvalue weighted by Gasteiger charge is 2.14. The van der Waals surface area contributed by atoms with E-state index in [2.05, 4.69) is 21.5 Å². The summed E-state index contributed by atoms with van der Waals surface area (Å²) in [5.41, 5.74) is 6.09. The molecule has 0 bridgehead atoms. The summed E-state index contributed by atoms with van der Waals surface area (Å²) in [4.78, 5) is 20.7. The van der Waals surface area contributed by atoms with Gasteiger partial charge >= 0.3 is 5.56 Å². The molecular weight excluding hydrogens is 182 g/mol. The topological polar surface area (TPSA) is 91.4 Å². The lowest BCUT2D eigenvalue weighted by Gasteiger charge is -1.91. The van der Waals surface area contributed by atoms with Crippen molar-refractivity contribution in [3.8, 4) is 0 Å². The molecule has 0 aliphatic carbocycles. The third-order valence-corrected chi connectivity index (χ3v) is 1.88. The molecule has 2 aromatic rings. The maximum absolute atomic E-state index is 11.5. The second-order valence-corrected chi connectivity index (χ2v) is 2.86. The van der Waals surface area contributed by atoms with E-state index in [1.54, 1.807) is 17.0 Å². The molecule has 72 valence electrons. The molecular formula is C8H10N5O+. The van der Waals surface area contributed by atoms with Crippen molar-refractivity contribution in [2.24, 2.45) is 0 Å². The smallest absolute Gasteiger partial charge is 0.304 e. The molecule has 4 N–H and O–H groups in total. The van der Waals surface area contributed by atoms with Crippen molar-refractivity contribution in [2.45, 2.75) is 6.54 Å². The summed E-state index contributed by atoms with van der Waals surface area (Å²) >= 11 is 0. The molecule has 6 nitrogen and oxygen atoms in total. The zero-order valence-electron chi connectivity index (χ0n) is 7.45. The van der Waals surface area contributed by atoms with Crippen LogP contribution in [0.15, 0.2) is 23.8 Å². The molecule has 6 heteroatoms. The summed E-state index contributed by atoms with van der Waals surface area (Å²) in [5, 5.41) is 0. The van der Waals surface area contributed by atoms with Crippen molar-refractivity contribution in [3.63, 3.8) is 0 Å². The van der Waals surface area contributed by atoms with Crippen molar-refractivity contribution < 1.29 is 4.57 Å². The van der Waals surface area contributed by atoms with Crippen molar-refractivity contribution in [3.05, 3.63) is 29.3 Å². The zero-order valence-corrected chi connectivity index (χ0v) is 7.45. The number of aromatic nitrogens is 4. The SMILES string of the molecule is C=CC[n+]1c[nH]c2nc(N)[nH]c(=O)c21. The van der Waals surface area contributed by atoms with Crippen LogP contribution in [0.4, 0.5) is 5.95 Å². The van der Waals surface area contributed by atoms with Crippen LogP contribution in [0.25, 0.3) is 11.2 Å². The number of aromatic amines is 2. The molecule has 0 aromatic carbocycles. The monoisotopic (exact) mass is 192 g/mol. The summed E-state index contributed by atoms with van der Waals surface area (Å²) in [6.45, 7) is 4.15. The van der Waals surface area contributed by atoms with E-state index in [0.29, 0.717) is 17.7 Å². The fourth-order valence-electron chi connectivity index (χ4n) is 1.34. The van der Waals surface area contributed by atoms with Gasteiger partial charge in [0.1, 0.15) is 6.54 Å². The largest absolute Gasteiger partial charge is 0.369 e. The number of hydrogen-bond donors (Lipinski definition) is 3. The van der Waals surface area contributed by atoms with Gasteiger partial charge in [-0.1, -0.05) is 12.7 Å². The molecule has 2 rings (SSSR count). The van der Waals surface area contributed by atoms with Gasteiger partial charge in [0.25, 0.3) is 11.2 Å².